The number of aliphatic hydroxyl groups excluding tert-OH is 1. The Kier molecular flexibility index (Phi) is 6.02. The first-order valence-electron chi connectivity index (χ1n) is 9.09. The number of anilines is 1. The molecular formula is C20H24N2O5S. The number of carbonyl (C=O) groups excluding carboxylic acids is 1. The third-order valence-electron chi connectivity index (χ3n) is 4.83. The molecule has 1 aliphatic heterocycles. The molecule has 28 heavy (non-hydrogen) atoms. The Labute approximate surface area is 165 Å². The monoisotopic (exact) mass is 404 g/mol. The Morgan fingerprint density at radius 1 is 1.18 bits per heavy atom. The fraction of sp³-hybridized carbons (Fsp3) is 0.350. The van der Waals surface area contributed by atoms with Gasteiger partial charge in [-0.25, -0.2) is 8.42 Å². The summed E-state index contributed by atoms with van der Waals surface area (Å²) >= 11 is 0. The van der Waals surface area contributed by atoms with Gasteiger partial charge in [0.2, 0.25) is 15.9 Å². The minimum absolute atomic E-state index is 0.0486. The predicted molar refractivity (Wildman–Crippen MR) is 106 cm³/mol. The van der Waals surface area contributed by atoms with Crippen LogP contribution in [0.2, 0.25) is 0 Å². The van der Waals surface area contributed by atoms with Gasteiger partial charge in [-0.2, -0.15) is 4.31 Å². The number of sulfonamides is 1. The molecule has 150 valence electrons. The lowest BCUT2D eigenvalue weighted by molar-refractivity contribution is -0.119. The molecule has 0 radical (unpaired) electrons. The molecule has 1 amide bonds. The van der Waals surface area contributed by atoms with E-state index in [9.17, 15) is 18.3 Å². The Balaban J connectivity index is 1.81. The van der Waals surface area contributed by atoms with Gasteiger partial charge in [0.15, 0.2) is 0 Å². The van der Waals surface area contributed by atoms with Gasteiger partial charge in [-0.05, 0) is 48.4 Å². The number of nitrogens with zero attached hydrogens (tertiary/aromatic N) is 1. The first-order chi connectivity index (χ1) is 13.3. The Bertz CT molecular complexity index is 926. The van der Waals surface area contributed by atoms with Crippen molar-refractivity contribution in [2.75, 3.05) is 19.0 Å². The largest absolute Gasteiger partial charge is 0.497 e. The van der Waals surface area contributed by atoms with Gasteiger partial charge in [0, 0.05) is 18.7 Å². The van der Waals surface area contributed by atoms with Crippen LogP contribution in [0.25, 0.3) is 0 Å². The minimum atomic E-state index is -3.94. The molecule has 2 N–H and O–H groups in total. The Hall–Kier alpha value is -2.42. The van der Waals surface area contributed by atoms with E-state index >= 15 is 0 Å². The molecule has 3 rings (SSSR count). The topological polar surface area (TPSA) is 95.9 Å². The van der Waals surface area contributed by atoms with E-state index in [2.05, 4.69) is 5.32 Å². The van der Waals surface area contributed by atoms with Crippen molar-refractivity contribution in [3.05, 3.63) is 54.1 Å². The predicted octanol–water partition coefficient (Wildman–Crippen LogP) is 2.02. The van der Waals surface area contributed by atoms with Crippen LogP contribution in [-0.4, -0.2) is 49.5 Å². The number of methoxy groups -OCH3 is 1. The van der Waals surface area contributed by atoms with Crippen molar-refractivity contribution in [3.8, 4) is 5.75 Å². The normalized spacial score (nSPS) is 20.1. The van der Waals surface area contributed by atoms with Crippen molar-refractivity contribution in [1.82, 2.24) is 4.31 Å². The van der Waals surface area contributed by atoms with Crippen LogP contribution in [0.5, 0.6) is 5.75 Å². The molecule has 0 unspecified atom stereocenters. The molecular weight excluding hydrogens is 380 g/mol. The van der Waals surface area contributed by atoms with E-state index in [4.69, 9.17) is 4.74 Å². The molecule has 1 fully saturated rings. The number of benzene rings is 2. The van der Waals surface area contributed by atoms with Crippen LogP contribution in [0.15, 0.2) is 53.4 Å². The lowest BCUT2D eigenvalue weighted by Crippen LogP contribution is -2.43. The third-order valence-corrected chi connectivity index (χ3v) is 6.72. The third kappa shape index (κ3) is 4.19. The molecule has 0 spiro atoms. The summed E-state index contributed by atoms with van der Waals surface area (Å²) in [5.74, 6) is 0.0723. The number of carbonyl (C=O) groups is 1. The van der Waals surface area contributed by atoms with Crippen LogP contribution in [0.1, 0.15) is 18.9 Å². The van der Waals surface area contributed by atoms with Gasteiger partial charge in [0.1, 0.15) is 11.8 Å². The van der Waals surface area contributed by atoms with E-state index in [-0.39, 0.29) is 17.9 Å². The van der Waals surface area contributed by atoms with E-state index in [1.165, 1.54) is 19.2 Å². The summed E-state index contributed by atoms with van der Waals surface area (Å²) in [6.07, 6.45) is 0.0387. The van der Waals surface area contributed by atoms with Crippen molar-refractivity contribution in [1.29, 1.82) is 0 Å². The summed E-state index contributed by atoms with van der Waals surface area (Å²) in [6.45, 7) is 1.91. The number of β-amino-alcohol motifs (C(OH)–C–C–N with tert-alkyl or cyclic N) is 1. The van der Waals surface area contributed by atoms with Gasteiger partial charge in [-0.3, -0.25) is 4.79 Å². The highest BCUT2D eigenvalue weighted by Crippen LogP contribution is 2.28. The van der Waals surface area contributed by atoms with Crippen molar-refractivity contribution >= 4 is 21.6 Å². The number of aliphatic hydroxyl groups is 1. The Morgan fingerprint density at radius 2 is 1.82 bits per heavy atom. The maximum absolute atomic E-state index is 13.0. The maximum atomic E-state index is 13.0. The van der Waals surface area contributed by atoms with E-state index in [0.717, 1.165) is 16.3 Å². The summed E-state index contributed by atoms with van der Waals surface area (Å²) in [7, 11) is -2.44. The number of hydrogen-bond acceptors (Lipinski definition) is 5. The summed E-state index contributed by atoms with van der Waals surface area (Å²) in [4.78, 5) is 12.8. The van der Waals surface area contributed by atoms with Crippen LogP contribution >= 0.6 is 0 Å². The second-order valence-electron chi connectivity index (χ2n) is 6.70. The molecule has 1 heterocycles. The smallest absolute Gasteiger partial charge is 0.243 e. The zero-order valence-electron chi connectivity index (χ0n) is 15.8. The highest BCUT2D eigenvalue weighted by atomic mass is 32.2. The van der Waals surface area contributed by atoms with Gasteiger partial charge in [0.25, 0.3) is 0 Å². The van der Waals surface area contributed by atoms with Crippen LogP contribution in [-0.2, 0) is 21.2 Å². The van der Waals surface area contributed by atoms with Crippen molar-refractivity contribution in [3.63, 3.8) is 0 Å². The first-order valence-corrected chi connectivity index (χ1v) is 10.5. The number of ether oxygens (including phenoxy) is 1. The highest BCUT2D eigenvalue weighted by molar-refractivity contribution is 7.89. The Morgan fingerprint density at radius 3 is 2.39 bits per heavy atom. The van der Waals surface area contributed by atoms with Gasteiger partial charge < -0.3 is 15.2 Å². The fourth-order valence-corrected chi connectivity index (χ4v) is 4.86. The molecule has 2 atom stereocenters. The molecule has 0 aliphatic carbocycles. The second kappa shape index (κ2) is 8.30. The van der Waals surface area contributed by atoms with Gasteiger partial charge in [-0.1, -0.05) is 19.1 Å². The van der Waals surface area contributed by atoms with Crippen molar-refractivity contribution in [2.24, 2.45) is 0 Å². The van der Waals surface area contributed by atoms with Crippen molar-refractivity contribution in [2.45, 2.75) is 36.8 Å². The molecule has 8 heteroatoms. The summed E-state index contributed by atoms with van der Waals surface area (Å²) in [5.41, 5.74) is 1.73. The molecule has 1 saturated heterocycles. The van der Waals surface area contributed by atoms with Gasteiger partial charge >= 0.3 is 0 Å². The van der Waals surface area contributed by atoms with Crippen LogP contribution in [0.4, 0.5) is 5.69 Å². The van der Waals surface area contributed by atoms with Crippen LogP contribution < -0.4 is 10.1 Å². The van der Waals surface area contributed by atoms with Crippen molar-refractivity contribution < 1.29 is 23.1 Å². The van der Waals surface area contributed by atoms with Crippen LogP contribution in [0.3, 0.4) is 0 Å². The first kappa shape index (κ1) is 20.3. The zero-order valence-corrected chi connectivity index (χ0v) is 16.6. The fourth-order valence-electron chi connectivity index (χ4n) is 3.22. The molecule has 0 aromatic heterocycles. The zero-order chi connectivity index (χ0) is 20.3. The van der Waals surface area contributed by atoms with E-state index < -0.39 is 28.1 Å². The molecule has 2 aromatic carbocycles. The quantitative estimate of drug-likeness (QED) is 0.768. The number of nitrogens with one attached hydrogen (secondary N) is 1. The minimum Gasteiger partial charge on any atom is -0.497 e. The molecule has 0 bridgehead atoms. The lowest BCUT2D eigenvalue weighted by Gasteiger charge is -2.23. The van der Waals surface area contributed by atoms with Gasteiger partial charge in [-0.15, -0.1) is 0 Å². The number of rotatable bonds is 6. The summed E-state index contributed by atoms with van der Waals surface area (Å²) in [5, 5.41) is 12.8. The number of hydrogen-bond donors (Lipinski definition) is 2. The molecule has 0 saturated carbocycles. The second-order valence-corrected chi connectivity index (χ2v) is 8.59. The molecule has 7 nitrogen and oxygen atoms in total. The summed E-state index contributed by atoms with van der Waals surface area (Å²) < 4.78 is 32.2. The maximum Gasteiger partial charge on any atom is 0.243 e. The van der Waals surface area contributed by atoms with E-state index in [1.54, 1.807) is 24.3 Å². The summed E-state index contributed by atoms with van der Waals surface area (Å²) in [6, 6.07) is 12.3. The standard InChI is InChI=1S/C20H24N2O5S/c1-3-14-4-6-15(7-5-14)21-20(24)19-12-16(23)13-22(19)28(25,26)18-10-8-17(27-2)9-11-18/h4-11,16,19,23H,3,12-13H2,1-2H3,(H,21,24)/t16-,19-/m0/s1. The number of amides is 1. The highest BCUT2D eigenvalue weighted by Gasteiger charge is 2.43. The van der Waals surface area contributed by atoms with E-state index in [0.29, 0.717) is 11.4 Å². The average Bonchev–Trinajstić information content (AvgIpc) is 3.11. The average molecular weight is 404 g/mol. The van der Waals surface area contributed by atoms with Gasteiger partial charge in [0.05, 0.1) is 18.1 Å². The number of aryl methyl sites for hydroxylation is 1. The van der Waals surface area contributed by atoms with E-state index in [1.807, 2.05) is 19.1 Å². The van der Waals surface area contributed by atoms with Crippen LogP contribution in [0, 0.1) is 0 Å². The lowest BCUT2D eigenvalue weighted by atomic mass is 10.1. The molecule has 1 aliphatic rings. The SMILES string of the molecule is CCc1ccc(NC(=O)[C@@H]2C[C@H](O)CN2S(=O)(=O)c2ccc(OC)cc2)cc1. The molecule has 2 aromatic rings.